The van der Waals surface area contributed by atoms with Gasteiger partial charge in [-0.1, -0.05) is 86.1 Å². The van der Waals surface area contributed by atoms with E-state index in [9.17, 15) is 4.79 Å². The molecule has 0 bridgehead atoms. The Morgan fingerprint density at radius 3 is 1.88 bits per heavy atom. The Morgan fingerprint density at radius 2 is 1.50 bits per heavy atom. The molecule has 1 aromatic carbocycles. The van der Waals surface area contributed by atoms with Gasteiger partial charge in [0.2, 0.25) is 0 Å². The number of ketones is 1. The van der Waals surface area contributed by atoms with Gasteiger partial charge in [-0.3, -0.25) is 4.79 Å². The highest BCUT2D eigenvalue weighted by molar-refractivity contribution is 5.79. The normalized spacial score (nSPS) is 10.8. The van der Waals surface area contributed by atoms with E-state index in [0.717, 1.165) is 36.7 Å². The Bertz CT molecular complexity index is 509. The molecule has 0 N–H and O–H groups in total. The van der Waals surface area contributed by atoms with E-state index in [1.807, 2.05) is 0 Å². The highest BCUT2D eigenvalue weighted by atomic mass is 16.1. The summed E-state index contributed by atoms with van der Waals surface area (Å²) in [6.45, 7) is 21.2. The molecule has 0 radical (unpaired) electrons. The van der Waals surface area contributed by atoms with E-state index < -0.39 is 0 Å². The Morgan fingerprint density at radius 1 is 1.00 bits per heavy atom. The van der Waals surface area contributed by atoms with Crippen LogP contribution in [-0.4, -0.2) is 5.78 Å². The minimum atomic E-state index is 0.223. The summed E-state index contributed by atoms with van der Waals surface area (Å²) in [7, 11) is 0. The molecule has 0 aliphatic rings. The van der Waals surface area contributed by atoms with E-state index >= 15 is 0 Å². The second-order valence-electron chi connectivity index (χ2n) is 8.38. The summed E-state index contributed by atoms with van der Waals surface area (Å²) in [6.07, 6.45) is 6.17. The van der Waals surface area contributed by atoms with E-state index in [4.69, 9.17) is 0 Å². The maximum absolute atomic E-state index is 11.2. The van der Waals surface area contributed by atoms with Crippen LogP contribution in [-0.2, 0) is 11.2 Å². The average Bonchev–Trinajstić information content (AvgIpc) is 2.47. The van der Waals surface area contributed by atoms with Crippen LogP contribution in [0.4, 0.5) is 0 Å². The topological polar surface area (TPSA) is 17.1 Å². The lowest BCUT2D eigenvalue weighted by molar-refractivity contribution is -0.116. The number of carbonyl (C=O) groups is 1. The lowest BCUT2D eigenvalue weighted by Crippen LogP contribution is -1.98. The first-order chi connectivity index (χ1) is 12.0. The fraction of sp³-hybridized carbons (Fsp3) is 0.640. The van der Waals surface area contributed by atoms with Gasteiger partial charge in [-0.2, -0.15) is 0 Å². The minimum absolute atomic E-state index is 0.223. The number of allylic oxidation sites excluding steroid dienone is 2. The smallest absolute Gasteiger partial charge is 0.134 e. The molecular formula is C25H44O. The van der Waals surface area contributed by atoms with Crippen LogP contribution in [0.1, 0.15) is 98.3 Å². The number of hydrogen-bond donors (Lipinski definition) is 0. The average molecular weight is 361 g/mol. The predicted molar refractivity (Wildman–Crippen MR) is 120 cm³/mol. The summed E-state index contributed by atoms with van der Waals surface area (Å²) in [4.78, 5) is 11.2. The Kier molecular flexibility index (Phi) is 16.4. The highest BCUT2D eigenvalue weighted by Crippen LogP contribution is 2.25. The van der Waals surface area contributed by atoms with E-state index in [2.05, 4.69) is 86.6 Å². The van der Waals surface area contributed by atoms with Crippen LogP contribution in [0.3, 0.4) is 0 Å². The van der Waals surface area contributed by atoms with Crippen molar-refractivity contribution in [3.05, 3.63) is 41.0 Å². The Labute approximate surface area is 164 Å². The molecule has 0 spiro atoms. The van der Waals surface area contributed by atoms with Crippen molar-refractivity contribution in [1.29, 1.82) is 0 Å². The van der Waals surface area contributed by atoms with Gasteiger partial charge in [0.1, 0.15) is 5.78 Å². The number of aryl methyl sites for hydroxylation is 1. The largest absolute Gasteiger partial charge is 0.300 e. The van der Waals surface area contributed by atoms with Crippen molar-refractivity contribution in [2.75, 3.05) is 0 Å². The summed E-state index contributed by atoms with van der Waals surface area (Å²) in [5.41, 5.74) is 5.16. The van der Waals surface area contributed by atoms with Crippen molar-refractivity contribution in [3.8, 4) is 0 Å². The SMILES string of the molecule is CC(C)C.CC(C)C.CC/C=C(/CCC)c1cc(CC(C)=O)ccc1C. The highest BCUT2D eigenvalue weighted by Gasteiger charge is 2.06. The van der Waals surface area contributed by atoms with Gasteiger partial charge in [0.25, 0.3) is 0 Å². The Balaban J connectivity index is 0. The summed E-state index contributed by atoms with van der Waals surface area (Å²) in [6, 6.07) is 6.39. The minimum Gasteiger partial charge on any atom is -0.300 e. The predicted octanol–water partition coefficient (Wildman–Crippen LogP) is 8.04. The van der Waals surface area contributed by atoms with Gasteiger partial charge in [-0.05, 0) is 60.8 Å². The molecule has 0 aliphatic carbocycles. The number of rotatable bonds is 6. The van der Waals surface area contributed by atoms with Crippen LogP contribution in [0.25, 0.3) is 5.57 Å². The van der Waals surface area contributed by atoms with Crippen LogP contribution in [0, 0.1) is 18.8 Å². The van der Waals surface area contributed by atoms with Crippen molar-refractivity contribution in [1.82, 2.24) is 0 Å². The molecule has 0 atom stereocenters. The molecule has 0 fully saturated rings. The molecule has 1 rings (SSSR count). The molecule has 0 unspecified atom stereocenters. The van der Waals surface area contributed by atoms with Gasteiger partial charge >= 0.3 is 0 Å². The van der Waals surface area contributed by atoms with Crippen LogP contribution in [0.15, 0.2) is 24.3 Å². The molecular weight excluding hydrogens is 316 g/mol. The molecule has 0 aliphatic heterocycles. The van der Waals surface area contributed by atoms with E-state index in [1.54, 1.807) is 6.92 Å². The molecule has 0 amide bonds. The standard InChI is InChI=1S/C17H24O.2C4H10/c1-5-7-16(8-6-2)17-12-15(11-14(4)18)10-9-13(17)3;2*1-4(2)3/h7,9-10,12H,5-6,8,11H2,1-4H3;2*4H,1-3H3/b16-7-;;. The summed E-state index contributed by atoms with van der Waals surface area (Å²) >= 11 is 0. The molecule has 1 heteroatoms. The van der Waals surface area contributed by atoms with Crippen molar-refractivity contribution in [3.63, 3.8) is 0 Å². The molecule has 0 saturated carbocycles. The second-order valence-corrected chi connectivity index (χ2v) is 8.38. The van der Waals surface area contributed by atoms with Crippen molar-refractivity contribution >= 4 is 11.4 Å². The molecule has 0 heterocycles. The molecule has 0 aromatic heterocycles. The van der Waals surface area contributed by atoms with Gasteiger partial charge in [0, 0.05) is 6.42 Å². The van der Waals surface area contributed by atoms with Crippen molar-refractivity contribution in [2.24, 2.45) is 11.8 Å². The third-order valence-electron chi connectivity index (χ3n) is 3.07. The number of benzene rings is 1. The third kappa shape index (κ3) is 16.1. The number of hydrogen-bond acceptors (Lipinski definition) is 1. The summed E-state index contributed by atoms with van der Waals surface area (Å²) in [5, 5.41) is 0. The van der Waals surface area contributed by atoms with Crippen molar-refractivity contribution in [2.45, 2.75) is 94.9 Å². The van der Waals surface area contributed by atoms with E-state index in [0.29, 0.717) is 6.42 Å². The monoisotopic (exact) mass is 360 g/mol. The number of Topliss-reactive ketones (excluding diaryl/α,β-unsaturated/α-hetero) is 1. The summed E-state index contributed by atoms with van der Waals surface area (Å²) < 4.78 is 0. The van der Waals surface area contributed by atoms with Gasteiger partial charge in [-0.15, -0.1) is 0 Å². The molecule has 150 valence electrons. The fourth-order valence-corrected chi connectivity index (χ4v) is 2.27. The first-order valence-corrected chi connectivity index (χ1v) is 10.3. The lowest BCUT2D eigenvalue weighted by Gasteiger charge is -2.12. The first kappa shape index (κ1) is 26.9. The number of carbonyl (C=O) groups excluding carboxylic acids is 1. The zero-order valence-electron chi connectivity index (χ0n) is 19.2. The van der Waals surface area contributed by atoms with Crippen LogP contribution >= 0.6 is 0 Å². The van der Waals surface area contributed by atoms with E-state index in [-0.39, 0.29) is 5.78 Å². The second kappa shape index (κ2) is 15.9. The van der Waals surface area contributed by atoms with Crippen LogP contribution < -0.4 is 0 Å². The van der Waals surface area contributed by atoms with Gasteiger partial charge < -0.3 is 0 Å². The van der Waals surface area contributed by atoms with Gasteiger partial charge in [0.15, 0.2) is 0 Å². The molecule has 0 saturated heterocycles. The maximum Gasteiger partial charge on any atom is 0.134 e. The third-order valence-corrected chi connectivity index (χ3v) is 3.07. The molecule has 1 aromatic rings. The molecule has 26 heavy (non-hydrogen) atoms. The quantitative estimate of drug-likeness (QED) is 0.501. The summed E-state index contributed by atoms with van der Waals surface area (Å²) in [5.74, 6) is 1.89. The van der Waals surface area contributed by atoms with Crippen LogP contribution in [0.5, 0.6) is 0 Å². The van der Waals surface area contributed by atoms with Gasteiger partial charge in [-0.25, -0.2) is 0 Å². The zero-order chi connectivity index (χ0) is 20.7. The zero-order valence-corrected chi connectivity index (χ0v) is 19.2. The van der Waals surface area contributed by atoms with E-state index in [1.165, 1.54) is 16.7 Å². The fourth-order valence-electron chi connectivity index (χ4n) is 2.27. The maximum atomic E-state index is 11.2. The first-order valence-electron chi connectivity index (χ1n) is 10.3. The molecule has 1 nitrogen and oxygen atoms in total. The van der Waals surface area contributed by atoms with Crippen LogP contribution in [0.2, 0.25) is 0 Å². The van der Waals surface area contributed by atoms with Gasteiger partial charge in [0.05, 0.1) is 0 Å². The lowest BCUT2D eigenvalue weighted by atomic mass is 9.93. The Hall–Kier alpha value is -1.37. The van der Waals surface area contributed by atoms with Crippen molar-refractivity contribution < 1.29 is 4.79 Å².